The highest BCUT2D eigenvalue weighted by Gasteiger charge is 2.23. The largest absolute Gasteiger partial charge is 0.280 e. The summed E-state index contributed by atoms with van der Waals surface area (Å²) < 4.78 is 55.0. The monoisotopic (exact) mass is 450 g/mol. The first-order valence-corrected chi connectivity index (χ1v) is 11.8. The first kappa shape index (κ1) is 21.2. The number of nitrogens with zero attached hydrogens (tertiary/aromatic N) is 1. The van der Waals surface area contributed by atoms with Gasteiger partial charge in [-0.3, -0.25) is 9.03 Å². The van der Waals surface area contributed by atoms with Gasteiger partial charge in [-0.25, -0.2) is 16.8 Å². The van der Waals surface area contributed by atoms with Crippen molar-refractivity contribution in [2.45, 2.75) is 16.7 Å². The number of halogens is 1. The predicted molar refractivity (Wildman–Crippen MR) is 115 cm³/mol. The van der Waals surface area contributed by atoms with Crippen LogP contribution in [0.3, 0.4) is 0 Å². The van der Waals surface area contributed by atoms with Gasteiger partial charge in [0, 0.05) is 12.1 Å². The van der Waals surface area contributed by atoms with Crippen molar-refractivity contribution in [1.29, 1.82) is 0 Å². The minimum Gasteiger partial charge on any atom is -0.280 e. The van der Waals surface area contributed by atoms with Gasteiger partial charge in [-0.2, -0.15) is 0 Å². The van der Waals surface area contributed by atoms with Crippen LogP contribution in [0.25, 0.3) is 0 Å². The van der Waals surface area contributed by atoms with Crippen molar-refractivity contribution in [3.05, 3.63) is 83.4 Å². The van der Waals surface area contributed by atoms with E-state index in [2.05, 4.69) is 4.72 Å². The number of hydrogen-bond acceptors (Lipinski definition) is 4. The fraction of sp³-hybridized carbons (Fsp3) is 0.100. The standard InChI is InChI=1S/C20H19ClN2O4S2/c1-15-19(21)12-7-13-20(15)28(24,25)22-16-8-6-11-18(14-16)29(26,27)23(2)17-9-4-3-5-10-17/h3-14,22H,1-2H3. The molecule has 0 aliphatic heterocycles. The van der Waals surface area contributed by atoms with Gasteiger partial charge in [-0.05, 0) is 55.0 Å². The molecule has 0 aliphatic rings. The van der Waals surface area contributed by atoms with Gasteiger partial charge in [0.1, 0.15) is 0 Å². The molecule has 152 valence electrons. The Balaban J connectivity index is 1.95. The second kappa shape index (κ2) is 8.06. The van der Waals surface area contributed by atoms with E-state index in [-0.39, 0.29) is 15.5 Å². The fourth-order valence-corrected chi connectivity index (χ4v) is 5.53. The van der Waals surface area contributed by atoms with Crippen LogP contribution in [0.4, 0.5) is 11.4 Å². The molecule has 29 heavy (non-hydrogen) atoms. The van der Waals surface area contributed by atoms with Gasteiger partial charge in [-0.1, -0.05) is 41.9 Å². The van der Waals surface area contributed by atoms with Gasteiger partial charge in [0.2, 0.25) is 0 Å². The summed E-state index contributed by atoms with van der Waals surface area (Å²) >= 11 is 6.02. The summed E-state index contributed by atoms with van der Waals surface area (Å²) in [6.45, 7) is 1.60. The van der Waals surface area contributed by atoms with E-state index in [1.54, 1.807) is 49.4 Å². The third-order valence-electron chi connectivity index (χ3n) is 4.37. The Bertz CT molecular complexity index is 1240. The zero-order valence-corrected chi connectivity index (χ0v) is 18.1. The van der Waals surface area contributed by atoms with Crippen molar-refractivity contribution in [3.8, 4) is 0 Å². The molecule has 0 fully saturated rings. The maximum atomic E-state index is 13.0. The molecule has 0 spiro atoms. The lowest BCUT2D eigenvalue weighted by atomic mass is 10.2. The summed E-state index contributed by atoms with van der Waals surface area (Å²) in [6.07, 6.45) is 0. The fourth-order valence-electron chi connectivity index (χ4n) is 2.74. The maximum Gasteiger partial charge on any atom is 0.264 e. The molecule has 0 amide bonds. The summed E-state index contributed by atoms with van der Waals surface area (Å²) in [4.78, 5) is -0.00784. The molecule has 0 atom stereocenters. The Morgan fingerprint density at radius 2 is 1.52 bits per heavy atom. The van der Waals surface area contributed by atoms with Gasteiger partial charge >= 0.3 is 0 Å². The van der Waals surface area contributed by atoms with Crippen LogP contribution >= 0.6 is 11.6 Å². The van der Waals surface area contributed by atoms with E-state index in [0.717, 1.165) is 4.31 Å². The molecule has 9 heteroatoms. The molecule has 3 rings (SSSR count). The first-order valence-electron chi connectivity index (χ1n) is 8.55. The number of benzene rings is 3. The summed E-state index contributed by atoms with van der Waals surface area (Å²) in [5.74, 6) is 0. The second-order valence-corrected chi connectivity index (χ2v) is 10.3. The molecule has 0 saturated carbocycles. The number of sulfonamides is 2. The molecule has 6 nitrogen and oxygen atoms in total. The summed E-state index contributed by atoms with van der Waals surface area (Å²) in [6, 6.07) is 18.8. The molecular weight excluding hydrogens is 432 g/mol. The Morgan fingerprint density at radius 1 is 0.862 bits per heavy atom. The third-order valence-corrected chi connectivity index (χ3v) is 8.09. The average molecular weight is 451 g/mol. The van der Waals surface area contributed by atoms with Crippen molar-refractivity contribution < 1.29 is 16.8 Å². The van der Waals surface area contributed by atoms with Crippen molar-refractivity contribution in [1.82, 2.24) is 0 Å². The highest BCUT2D eigenvalue weighted by atomic mass is 35.5. The topological polar surface area (TPSA) is 83.5 Å². The molecule has 0 saturated heterocycles. The van der Waals surface area contributed by atoms with Crippen LogP contribution < -0.4 is 9.03 Å². The number of anilines is 2. The number of para-hydroxylation sites is 1. The van der Waals surface area contributed by atoms with Crippen molar-refractivity contribution in [3.63, 3.8) is 0 Å². The van der Waals surface area contributed by atoms with E-state index >= 15 is 0 Å². The summed E-state index contributed by atoms with van der Waals surface area (Å²) in [7, 11) is -6.37. The zero-order valence-electron chi connectivity index (χ0n) is 15.7. The minimum absolute atomic E-state index is 0.0275. The SMILES string of the molecule is Cc1c(Cl)cccc1S(=O)(=O)Nc1cccc(S(=O)(=O)N(C)c2ccccc2)c1. The molecule has 1 N–H and O–H groups in total. The molecule has 0 bridgehead atoms. The lowest BCUT2D eigenvalue weighted by Gasteiger charge is -2.20. The molecule has 0 heterocycles. The van der Waals surface area contributed by atoms with Gasteiger partial charge in [0.05, 0.1) is 21.2 Å². The molecule has 0 radical (unpaired) electrons. The van der Waals surface area contributed by atoms with Gasteiger partial charge in [-0.15, -0.1) is 0 Å². The molecular formula is C20H19ClN2O4S2. The lowest BCUT2D eigenvalue weighted by Crippen LogP contribution is -2.26. The highest BCUT2D eigenvalue weighted by Crippen LogP contribution is 2.27. The Morgan fingerprint density at radius 3 is 2.21 bits per heavy atom. The molecule has 0 aliphatic carbocycles. The quantitative estimate of drug-likeness (QED) is 0.607. The summed E-state index contributed by atoms with van der Waals surface area (Å²) in [5, 5.41) is 0.327. The number of rotatable bonds is 6. The van der Waals surface area contributed by atoms with Crippen LogP contribution in [0.1, 0.15) is 5.56 Å². The summed E-state index contributed by atoms with van der Waals surface area (Å²) in [5.41, 5.74) is 1.04. The Hall–Kier alpha value is -2.55. The van der Waals surface area contributed by atoms with E-state index < -0.39 is 20.0 Å². The van der Waals surface area contributed by atoms with E-state index in [0.29, 0.717) is 16.3 Å². The Kier molecular flexibility index (Phi) is 5.88. The number of nitrogens with one attached hydrogen (secondary N) is 1. The highest BCUT2D eigenvalue weighted by molar-refractivity contribution is 7.93. The minimum atomic E-state index is -3.94. The zero-order chi connectivity index (χ0) is 21.2. The van der Waals surface area contributed by atoms with E-state index in [4.69, 9.17) is 11.6 Å². The van der Waals surface area contributed by atoms with Crippen LogP contribution in [0.2, 0.25) is 5.02 Å². The molecule has 0 unspecified atom stereocenters. The van der Waals surface area contributed by atoms with Crippen LogP contribution in [0.15, 0.2) is 82.6 Å². The maximum absolute atomic E-state index is 13.0. The normalized spacial score (nSPS) is 11.8. The van der Waals surface area contributed by atoms with Crippen LogP contribution in [-0.2, 0) is 20.0 Å². The molecule has 3 aromatic rings. The van der Waals surface area contributed by atoms with Gasteiger partial charge in [0.15, 0.2) is 0 Å². The lowest BCUT2D eigenvalue weighted by molar-refractivity contribution is 0.593. The third kappa shape index (κ3) is 4.39. The van der Waals surface area contributed by atoms with Crippen LogP contribution in [0.5, 0.6) is 0 Å². The van der Waals surface area contributed by atoms with Crippen molar-refractivity contribution in [2.24, 2.45) is 0 Å². The van der Waals surface area contributed by atoms with Crippen molar-refractivity contribution in [2.75, 3.05) is 16.1 Å². The van der Waals surface area contributed by atoms with Gasteiger partial charge in [0.25, 0.3) is 20.0 Å². The van der Waals surface area contributed by atoms with Gasteiger partial charge < -0.3 is 0 Å². The second-order valence-electron chi connectivity index (χ2n) is 6.30. The van der Waals surface area contributed by atoms with E-state index in [1.165, 1.54) is 37.4 Å². The van der Waals surface area contributed by atoms with Crippen LogP contribution in [-0.4, -0.2) is 23.9 Å². The Labute approximate surface area is 175 Å². The van der Waals surface area contributed by atoms with E-state index in [1.807, 2.05) is 0 Å². The molecule has 3 aromatic carbocycles. The predicted octanol–water partition coefficient (Wildman–Crippen LogP) is 4.27. The first-order chi connectivity index (χ1) is 13.6. The van der Waals surface area contributed by atoms with Crippen LogP contribution in [0, 0.1) is 6.92 Å². The van der Waals surface area contributed by atoms with E-state index in [9.17, 15) is 16.8 Å². The molecule has 0 aromatic heterocycles. The average Bonchev–Trinajstić information content (AvgIpc) is 2.70. The number of hydrogen-bond donors (Lipinski definition) is 1. The smallest absolute Gasteiger partial charge is 0.264 e. The van der Waals surface area contributed by atoms with Crippen molar-refractivity contribution >= 4 is 43.0 Å².